The van der Waals surface area contributed by atoms with Crippen molar-refractivity contribution in [2.24, 2.45) is 5.73 Å². The average Bonchev–Trinajstić information content (AvgIpc) is 2.00. The van der Waals surface area contributed by atoms with E-state index in [1.165, 1.54) is 11.9 Å². The predicted molar refractivity (Wildman–Crippen MR) is 52.5 cm³/mol. The van der Waals surface area contributed by atoms with Crippen molar-refractivity contribution in [3.63, 3.8) is 0 Å². The molecule has 1 atom stereocenters. The Labute approximate surface area is 88.0 Å². The third-order valence-electron chi connectivity index (χ3n) is 2.14. The molecule has 0 rings (SSSR count). The van der Waals surface area contributed by atoms with Crippen molar-refractivity contribution in [3.05, 3.63) is 0 Å². The summed E-state index contributed by atoms with van der Waals surface area (Å²) in [4.78, 5) is 1.19. The highest BCUT2D eigenvalue weighted by Gasteiger charge is 2.29. The lowest BCUT2D eigenvalue weighted by Crippen LogP contribution is -2.36. The lowest BCUT2D eigenvalue weighted by Gasteiger charge is -2.23. The van der Waals surface area contributed by atoms with Gasteiger partial charge in [-0.1, -0.05) is 0 Å². The van der Waals surface area contributed by atoms with Crippen LogP contribution in [-0.4, -0.2) is 48.5 Å². The van der Waals surface area contributed by atoms with Gasteiger partial charge in [-0.2, -0.15) is 13.2 Å². The van der Waals surface area contributed by atoms with Crippen LogP contribution in [-0.2, 0) is 0 Å². The summed E-state index contributed by atoms with van der Waals surface area (Å²) < 4.78 is 35.8. The fraction of sp³-hybridized carbons (Fsp3) is 1.00. The van der Waals surface area contributed by atoms with Crippen molar-refractivity contribution >= 4 is 0 Å². The Balaban J connectivity index is 3.69. The molecule has 0 saturated carbocycles. The summed E-state index contributed by atoms with van der Waals surface area (Å²) in [5.74, 6) is 0. The number of aliphatic hydroxyl groups is 1. The smallest absolute Gasteiger partial charge is 0.389 e. The summed E-state index contributed by atoms with van der Waals surface area (Å²) in [5, 5.41) is 9.50. The number of hydrogen-bond acceptors (Lipinski definition) is 3. The molecule has 92 valence electrons. The first kappa shape index (κ1) is 14.7. The minimum atomic E-state index is -4.16. The first-order valence-corrected chi connectivity index (χ1v) is 4.84. The van der Waals surface area contributed by atoms with Gasteiger partial charge in [0.15, 0.2) is 0 Å². The van der Waals surface area contributed by atoms with Gasteiger partial charge in [0.25, 0.3) is 0 Å². The molecule has 0 heterocycles. The van der Waals surface area contributed by atoms with Crippen LogP contribution in [0.2, 0.25) is 0 Å². The third-order valence-corrected chi connectivity index (χ3v) is 2.14. The molecule has 6 heteroatoms. The van der Waals surface area contributed by atoms with Crippen LogP contribution in [0.3, 0.4) is 0 Å². The summed E-state index contributed by atoms with van der Waals surface area (Å²) >= 11 is 0. The second kappa shape index (κ2) is 5.67. The van der Waals surface area contributed by atoms with Crippen molar-refractivity contribution in [2.75, 3.05) is 26.7 Å². The topological polar surface area (TPSA) is 49.5 Å². The molecule has 1 unspecified atom stereocenters. The summed E-state index contributed by atoms with van der Waals surface area (Å²) in [6.07, 6.45) is -3.26. The van der Waals surface area contributed by atoms with Crippen LogP contribution < -0.4 is 5.73 Å². The van der Waals surface area contributed by atoms with Crippen molar-refractivity contribution in [3.8, 4) is 0 Å². The molecule has 3 nitrogen and oxygen atoms in total. The average molecular weight is 228 g/mol. The zero-order chi connectivity index (χ0) is 12.1. The monoisotopic (exact) mass is 228 g/mol. The van der Waals surface area contributed by atoms with Gasteiger partial charge in [-0.25, -0.2) is 0 Å². The molecule has 0 aromatic carbocycles. The van der Waals surface area contributed by atoms with Gasteiger partial charge < -0.3 is 10.8 Å². The highest BCUT2D eigenvalue weighted by molar-refractivity contribution is 4.73. The lowest BCUT2D eigenvalue weighted by molar-refractivity contribution is -0.143. The molecule has 0 spiro atoms. The predicted octanol–water partition coefficient (Wildman–Crippen LogP) is 0.970. The van der Waals surface area contributed by atoms with Gasteiger partial charge in [-0.3, -0.25) is 4.90 Å². The molecule has 3 N–H and O–H groups in total. The maximum absolute atomic E-state index is 11.9. The minimum Gasteiger partial charge on any atom is -0.389 e. The van der Waals surface area contributed by atoms with Crippen LogP contribution in [0.4, 0.5) is 13.2 Å². The second-order valence-electron chi connectivity index (χ2n) is 4.16. The molecular weight excluding hydrogens is 209 g/mol. The van der Waals surface area contributed by atoms with Gasteiger partial charge in [-0.05, 0) is 33.4 Å². The Kier molecular flexibility index (Phi) is 5.55. The molecule has 0 aromatic rings. The van der Waals surface area contributed by atoms with Crippen LogP contribution in [0.25, 0.3) is 0 Å². The zero-order valence-electron chi connectivity index (χ0n) is 9.14. The minimum absolute atomic E-state index is 0.121. The third kappa shape index (κ3) is 8.65. The molecule has 0 aromatic heterocycles. The van der Waals surface area contributed by atoms with E-state index in [2.05, 4.69) is 0 Å². The fourth-order valence-corrected chi connectivity index (χ4v) is 1.22. The summed E-state index contributed by atoms with van der Waals surface area (Å²) in [5.41, 5.74) is 4.31. The van der Waals surface area contributed by atoms with E-state index in [0.29, 0.717) is 19.4 Å². The molecular formula is C9H19F3N2O. The fourth-order valence-electron chi connectivity index (χ4n) is 1.22. The van der Waals surface area contributed by atoms with E-state index in [4.69, 9.17) is 5.73 Å². The highest BCUT2D eigenvalue weighted by atomic mass is 19.4. The Hall–Kier alpha value is -0.330. The summed E-state index contributed by atoms with van der Waals surface area (Å²) in [6, 6.07) is 0. The van der Waals surface area contributed by atoms with Crippen LogP contribution >= 0.6 is 0 Å². The second-order valence-corrected chi connectivity index (χ2v) is 4.16. The van der Waals surface area contributed by atoms with E-state index < -0.39 is 18.3 Å². The number of nitrogens with zero attached hydrogens (tertiary/aromatic N) is 1. The molecule has 15 heavy (non-hydrogen) atoms. The van der Waals surface area contributed by atoms with Crippen molar-refractivity contribution in [1.82, 2.24) is 4.90 Å². The number of halogens is 3. The highest BCUT2D eigenvalue weighted by Crippen LogP contribution is 2.16. The maximum Gasteiger partial charge on any atom is 0.401 e. The van der Waals surface area contributed by atoms with Crippen LogP contribution in [0, 0.1) is 0 Å². The van der Waals surface area contributed by atoms with Gasteiger partial charge in [0.05, 0.1) is 12.1 Å². The largest absolute Gasteiger partial charge is 0.401 e. The van der Waals surface area contributed by atoms with Crippen molar-refractivity contribution in [1.29, 1.82) is 0 Å². The first-order valence-electron chi connectivity index (χ1n) is 4.84. The van der Waals surface area contributed by atoms with E-state index in [1.807, 2.05) is 0 Å². The molecule has 0 aliphatic heterocycles. The molecule has 0 saturated heterocycles. The normalized spacial score (nSPS) is 16.8. The van der Waals surface area contributed by atoms with E-state index in [-0.39, 0.29) is 6.54 Å². The van der Waals surface area contributed by atoms with Gasteiger partial charge >= 0.3 is 6.18 Å². The number of rotatable bonds is 6. The first-order chi connectivity index (χ1) is 6.66. The molecule has 0 bridgehead atoms. The Morgan fingerprint density at radius 1 is 1.33 bits per heavy atom. The molecule has 0 fully saturated rings. The van der Waals surface area contributed by atoms with E-state index >= 15 is 0 Å². The van der Waals surface area contributed by atoms with Crippen molar-refractivity contribution < 1.29 is 18.3 Å². The number of nitrogens with two attached hydrogens (primary N) is 1. The SMILES string of the molecule is CN(CCCC(C)(O)CN)CC(F)(F)F. The quantitative estimate of drug-likeness (QED) is 0.712. The van der Waals surface area contributed by atoms with Gasteiger partial charge in [0.2, 0.25) is 0 Å². The van der Waals surface area contributed by atoms with Crippen LogP contribution in [0.15, 0.2) is 0 Å². The Bertz CT molecular complexity index is 183. The summed E-state index contributed by atoms with van der Waals surface area (Å²) in [6.45, 7) is 1.08. The molecule has 0 aliphatic rings. The van der Waals surface area contributed by atoms with Gasteiger partial charge in [-0.15, -0.1) is 0 Å². The summed E-state index contributed by atoms with van der Waals surface area (Å²) in [7, 11) is 1.41. The number of hydrogen-bond donors (Lipinski definition) is 2. The molecule has 0 radical (unpaired) electrons. The van der Waals surface area contributed by atoms with E-state index in [9.17, 15) is 18.3 Å². The van der Waals surface area contributed by atoms with Crippen LogP contribution in [0.5, 0.6) is 0 Å². The molecule has 0 amide bonds. The maximum atomic E-state index is 11.9. The van der Waals surface area contributed by atoms with Crippen LogP contribution in [0.1, 0.15) is 19.8 Å². The number of alkyl halides is 3. The van der Waals surface area contributed by atoms with Crippen molar-refractivity contribution in [2.45, 2.75) is 31.5 Å². The lowest BCUT2D eigenvalue weighted by atomic mass is 10.0. The Morgan fingerprint density at radius 2 is 1.87 bits per heavy atom. The van der Waals surface area contributed by atoms with E-state index in [1.54, 1.807) is 6.92 Å². The Morgan fingerprint density at radius 3 is 2.27 bits per heavy atom. The van der Waals surface area contributed by atoms with Gasteiger partial charge in [0, 0.05) is 6.54 Å². The molecule has 0 aliphatic carbocycles. The van der Waals surface area contributed by atoms with Gasteiger partial charge in [0.1, 0.15) is 0 Å². The standard InChI is InChI=1S/C9H19F3N2O/c1-8(15,6-13)4-3-5-14(2)7-9(10,11)12/h15H,3-7,13H2,1-2H3. The van der Waals surface area contributed by atoms with E-state index in [0.717, 1.165) is 0 Å². The zero-order valence-corrected chi connectivity index (χ0v) is 9.14.